The van der Waals surface area contributed by atoms with Gasteiger partial charge in [-0.1, -0.05) is 30.3 Å². The summed E-state index contributed by atoms with van der Waals surface area (Å²) in [4.78, 5) is 0. The fraction of sp³-hybridized carbons (Fsp3) is 0.200. The van der Waals surface area contributed by atoms with Crippen molar-refractivity contribution in [2.24, 2.45) is 20.4 Å². The van der Waals surface area contributed by atoms with Crippen molar-refractivity contribution in [1.82, 2.24) is 10.6 Å². The average Bonchev–Trinajstić information content (AvgIpc) is 2.86. The molecule has 2 aromatic carbocycles. The molecule has 0 aliphatic heterocycles. The molecule has 2 N–H and O–H groups in total. The van der Waals surface area contributed by atoms with Gasteiger partial charge in [-0.05, 0) is 10.3 Å². The van der Waals surface area contributed by atoms with Crippen LogP contribution in [0.25, 0.3) is 0 Å². The summed E-state index contributed by atoms with van der Waals surface area (Å²) < 4.78 is 146. The van der Waals surface area contributed by atoms with Gasteiger partial charge in [-0.2, -0.15) is 36.5 Å². The van der Waals surface area contributed by atoms with Crippen LogP contribution in [0.1, 0.15) is 11.1 Å². The maximum atomic E-state index is 14.7. The molecule has 2 aromatic rings. The Labute approximate surface area is 239 Å². The number of amidine groups is 2. The first-order valence-corrected chi connectivity index (χ1v) is 10.7. The van der Waals surface area contributed by atoms with E-state index in [2.05, 4.69) is 45.7 Å². The van der Waals surface area contributed by atoms with Crippen molar-refractivity contribution in [2.45, 2.75) is 12.4 Å². The predicted octanol–water partition coefficient (Wildman–Crippen LogP) is 4.60. The van der Waals surface area contributed by atoms with Gasteiger partial charge in [0.15, 0.2) is 23.3 Å². The van der Waals surface area contributed by atoms with Gasteiger partial charge in [-0.15, -0.1) is 10.2 Å². The van der Waals surface area contributed by atoms with Crippen molar-refractivity contribution in [1.29, 1.82) is 0 Å². The number of rotatable bonds is 7. The van der Waals surface area contributed by atoms with Crippen molar-refractivity contribution in [3.63, 3.8) is 0 Å². The van der Waals surface area contributed by atoms with Crippen LogP contribution >= 0.6 is 0 Å². The standard InChI is InChI=1S/C20H13F11N6S2.Cu/c21-10-9(11(22)13(24)14(25)12(10)23)16(35-37-18(39)33-7-20(29,30)31)15(8-4-2-1-3-5-8)34-36-17(38)32-6-19(26,27)28;/h1-5H,6-7H2,(H2,32,36,38)(H2,33,37,39);/q;+2/p-2/b34-15+,35-16+;. The number of halogens is 11. The van der Waals surface area contributed by atoms with Gasteiger partial charge in [-0.3, -0.25) is 0 Å². The molecule has 20 heteroatoms. The molecule has 0 aliphatic rings. The minimum absolute atomic E-state index is 0. The number of nitrogens with zero attached hydrogens (tertiary/aromatic N) is 4. The zero-order valence-corrected chi connectivity index (χ0v) is 21.4. The van der Waals surface area contributed by atoms with Crippen LogP contribution in [0, 0.1) is 29.1 Å². The maximum Gasteiger partial charge on any atom is 2.00 e. The second-order valence-electron chi connectivity index (χ2n) is 6.96. The SMILES string of the molecule is Fc1c(F)c(F)c(C(=N\N=C(/[S-])NCC(F)(F)F)/C(=N/N=C(\[S-])NCC(F)(F)F)c2ccccc2)c(F)c1F.[Cu+2]. The maximum absolute atomic E-state index is 14.7. The van der Waals surface area contributed by atoms with Crippen LogP contribution in [-0.4, -0.2) is 47.2 Å². The van der Waals surface area contributed by atoms with Gasteiger partial charge >= 0.3 is 29.4 Å². The molecule has 0 atom stereocenters. The Morgan fingerprint density at radius 2 is 0.975 bits per heavy atom. The van der Waals surface area contributed by atoms with E-state index in [1.54, 1.807) is 10.6 Å². The number of hydrogen-bond acceptors (Lipinski definition) is 6. The fourth-order valence-corrected chi connectivity index (χ4v) is 2.71. The summed E-state index contributed by atoms with van der Waals surface area (Å²) in [5.74, 6) is -12.3. The van der Waals surface area contributed by atoms with E-state index in [0.717, 1.165) is 12.1 Å². The van der Waals surface area contributed by atoms with Gasteiger partial charge in [-0.25, -0.2) is 22.0 Å². The van der Waals surface area contributed by atoms with Gasteiger partial charge in [0.05, 0.1) is 5.56 Å². The van der Waals surface area contributed by atoms with E-state index < -0.39 is 81.9 Å². The Kier molecular flexibility index (Phi) is 12.7. The van der Waals surface area contributed by atoms with Crippen molar-refractivity contribution < 1.29 is 65.4 Å². The number of benzene rings is 2. The quantitative estimate of drug-likeness (QED) is 0.0660. The van der Waals surface area contributed by atoms with Crippen LogP contribution in [-0.2, 0) is 42.3 Å². The Balaban J connectivity index is 0.00000800. The molecule has 0 saturated heterocycles. The van der Waals surface area contributed by atoms with E-state index in [0.29, 0.717) is 0 Å². The van der Waals surface area contributed by atoms with Crippen LogP contribution < -0.4 is 10.6 Å². The predicted molar refractivity (Wildman–Crippen MR) is 123 cm³/mol. The Morgan fingerprint density at radius 1 is 0.600 bits per heavy atom. The van der Waals surface area contributed by atoms with Gasteiger partial charge in [0.1, 0.15) is 24.5 Å². The smallest absolute Gasteiger partial charge is 0.741 e. The van der Waals surface area contributed by atoms with Gasteiger partial charge in [0, 0.05) is 5.56 Å². The molecule has 6 nitrogen and oxygen atoms in total. The summed E-state index contributed by atoms with van der Waals surface area (Å²) in [6.45, 7) is -3.39. The molecule has 0 saturated carbocycles. The summed E-state index contributed by atoms with van der Waals surface area (Å²) in [7, 11) is 0. The Bertz CT molecular complexity index is 1280. The average molecular weight is 672 g/mol. The molecule has 0 amide bonds. The second kappa shape index (κ2) is 14.5. The zero-order chi connectivity index (χ0) is 29.5. The number of hydrogen-bond donors (Lipinski definition) is 2. The van der Waals surface area contributed by atoms with E-state index >= 15 is 0 Å². The Hall–Kier alpha value is -3.09. The monoisotopic (exact) mass is 671 g/mol. The van der Waals surface area contributed by atoms with E-state index in [1.807, 2.05) is 0 Å². The first kappa shape index (κ1) is 34.9. The fourth-order valence-electron chi connectivity index (χ4n) is 2.48. The summed E-state index contributed by atoms with van der Waals surface area (Å²) >= 11 is 9.10. The van der Waals surface area contributed by atoms with Crippen molar-refractivity contribution in [3.8, 4) is 0 Å². The third-order valence-corrected chi connectivity index (χ3v) is 4.53. The van der Waals surface area contributed by atoms with Crippen LogP contribution in [0.15, 0.2) is 50.7 Å². The van der Waals surface area contributed by atoms with Crippen LogP contribution in [0.4, 0.5) is 48.3 Å². The largest absolute Gasteiger partial charge is 2.00 e. The topological polar surface area (TPSA) is 73.5 Å². The first-order chi connectivity index (χ1) is 18.0. The summed E-state index contributed by atoms with van der Waals surface area (Å²) in [5.41, 5.74) is -4.13. The molecule has 0 unspecified atom stereocenters. The van der Waals surface area contributed by atoms with E-state index in [1.165, 1.54) is 18.2 Å². The van der Waals surface area contributed by atoms with Crippen molar-refractivity contribution >= 4 is 47.0 Å². The van der Waals surface area contributed by atoms with Crippen LogP contribution in [0.2, 0.25) is 0 Å². The van der Waals surface area contributed by atoms with Crippen LogP contribution in [0.3, 0.4) is 0 Å². The zero-order valence-electron chi connectivity index (χ0n) is 18.9. The molecular weight excluding hydrogens is 661 g/mol. The molecule has 0 bridgehead atoms. The first-order valence-electron chi connectivity index (χ1n) is 9.86. The molecule has 1 radical (unpaired) electrons. The number of alkyl halides is 6. The van der Waals surface area contributed by atoms with Gasteiger partial charge in [0.2, 0.25) is 5.82 Å². The van der Waals surface area contributed by atoms with Gasteiger partial charge in [0.25, 0.3) is 0 Å². The van der Waals surface area contributed by atoms with Crippen LogP contribution in [0.5, 0.6) is 0 Å². The summed E-state index contributed by atoms with van der Waals surface area (Å²) in [6, 6.07) is 6.33. The van der Waals surface area contributed by atoms with E-state index in [9.17, 15) is 48.3 Å². The summed E-state index contributed by atoms with van der Waals surface area (Å²) in [5, 5.41) is 14.4. The molecule has 0 aliphatic carbocycles. The van der Waals surface area contributed by atoms with Crippen molar-refractivity contribution in [3.05, 3.63) is 70.5 Å². The van der Waals surface area contributed by atoms with Crippen molar-refractivity contribution in [2.75, 3.05) is 13.1 Å². The Morgan fingerprint density at radius 3 is 1.38 bits per heavy atom. The second-order valence-corrected chi connectivity index (χ2v) is 7.73. The third kappa shape index (κ3) is 10.1. The molecule has 0 aromatic heterocycles. The molecule has 0 spiro atoms. The molecular formula is C20H11CuF11N6S2. The van der Waals surface area contributed by atoms with E-state index in [4.69, 9.17) is 0 Å². The molecule has 0 heterocycles. The normalized spacial score (nSPS) is 13.7. The minimum Gasteiger partial charge on any atom is -0.741 e. The van der Waals surface area contributed by atoms with E-state index in [-0.39, 0.29) is 22.6 Å². The number of nitrogens with one attached hydrogen (secondary N) is 2. The molecule has 2 rings (SSSR count). The minimum atomic E-state index is -4.79. The molecule has 221 valence electrons. The molecule has 40 heavy (non-hydrogen) atoms. The third-order valence-electron chi connectivity index (χ3n) is 4.08. The summed E-state index contributed by atoms with van der Waals surface area (Å²) in [6.07, 6.45) is -9.53. The molecule has 0 fully saturated rings. The van der Waals surface area contributed by atoms with Gasteiger partial charge < -0.3 is 35.9 Å².